The Balaban J connectivity index is 2.34. The van der Waals surface area contributed by atoms with Crippen LogP contribution in [0.2, 0.25) is 0 Å². The fourth-order valence-corrected chi connectivity index (χ4v) is 3.90. The maximum absolute atomic E-state index is 13.5. The lowest BCUT2D eigenvalue weighted by molar-refractivity contribution is -0.114. The molecule has 1 amide bonds. The van der Waals surface area contributed by atoms with Gasteiger partial charge in [0.05, 0.1) is 16.3 Å². The number of halogens is 3. The lowest BCUT2D eigenvalue weighted by Gasteiger charge is -2.22. The molecule has 0 unspecified atom stereocenters. The molecule has 1 N–H and O–H groups in total. The minimum absolute atomic E-state index is 0.260. The van der Waals surface area contributed by atoms with Crippen molar-refractivity contribution >= 4 is 50.1 Å². The van der Waals surface area contributed by atoms with E-state index in [-0.39, 0.29) is 11.6 Å². The Bertz CT molecular complexity index is 1110. The number of nitrogens with zero attached hydrogens (tertiary/aromatic N) is 3. The Kier molecular flexibility index (Phi) is 8.23. The van der Waals surface area contributed by atoms with Gasteiger partial charge in [-0.2, -0.15) is 13.9 Å². The standard InChI is InChI=1S/C20H21ClF2N4O3S/c1-4-27(5-2)15-8-11-17(18(12-15)24-13(3)28)26-25-14-6-9-16(10-7-14)31(29,30)20(23)19(21)22/h6-12H,4-5H2,1-3H3,(H,24,28)/b20-19+,26-25?. The number of benzene rings is 2. The van der Waals surface area contributed by atoms with Crippen LogP contribution in [0, 0.1) is 0 Å². The molecule has 2 rings (SSSR count). The zero-order valence-corrected chi connectivity index (χ0v) is 18.6. The molecule has 0 radical (unpaired) electrons. The number of anilines is 2. The fourth-order valence-electron chi connectivity index (χ4n) is 2.70. The zero-order valence-electron chi connectivity index (χ0n) is 17.1. The minimum Gasteiger partial charge on any atom is -0.372 e. The number of sulfone groups is 1. The summed E-state index contributed by atoms with van der Waals surface area (Å²) < 4.78 is 50.0. The second-order valence-corrected chi connectivity index (χ2v) is 8.45. The highest BCUT2D eigenvalue weighted by molar-refractivity contribution is 7.95. The van der Waals surface area contributed by atoms with Gasteiger partial charge in [-0.15, -0.1) is 5.11 Å². The van der Waals surface area contributed by atoms with Crippen molar-refractivity contribution in [2.45, 2.75) is 25.7 Å². The fraction of sp³-hybridized carbons (Fsp3) is 0.250. The van der Waals surface area contributed by atoms with E-state index in [1.54, 1.807) is 12.1 Å². The molecule has 0 saturated carbocycles. The molecule has 7 nitrogen and oxygen atoms in total. The summed E-state index contributed by atoms with van der Waals surface area (Å²) in [4.78, 5) is 13.2. The van der Waals surface area contributed by atoms with E-state index in [0.29, 0.717) is 11.4 Å². The average molecular weight is 471 g/mol. The molecule has 0 aliphatic carbocycles. The van der Waals surface area contributed by atoms with Crippen LogP contribution in [0.3, 0.4) is 0 Å². The molecule has 2 aromatic rings. The Morgan fingerprint density at radius 2 is 1.68 bits per heavy atom. The van der Waals surface area contributed by atoms with Crippen molar-refractivity contribution in [3.63, 3.8) is 0 Å². The number of carbonyl (C=O) groups excluding carboxylic acids is 1. The van der Waals surface area contributed by atoms with Crippen molar-refractivity contribution in [2.24, 2.45) is 10.2 Å². The third-order valence-electron chi connectivity index (χ3n) is 4.22. The van der Waals surface area contributed by atoms with Crippen LogP contribution in [0.15, 0.2) is 68.0 Å². The molecular formula is C20H21ClF2N4O3S. The summed E-state index contributed by atoms with van der Waals surface area (Å²) in [5.41, 5.74) is 2.02. The Labute approximate surface area is 184 Å². The second-order valence-electron chi connectivity index (χ2n) is 6.29. The first-order valence-corrected chi connectivity index (χ1v) is 11.1. The molecule has 0 aliphatic heterocycles. The highest BCUT2D eigenvalue weighted by atomic mass is 35.5. The van der Waals surface area contributed by atoms with Crippen molar-refractivity contribution in [3.8, 4) is 0 Å². The van der Waals surface area contributed by atoms with Crippen molar-refractivity contribution in [1.82, 2.24) is 0 Å². The molecule has 0 fully saturated rings. The summed E-state index contributed by atoms with van der Waals surface area (Å²) in [6.45, 7) is 6.98. The van der Waals surface area contributed by atoms with Crippen LogP contribution < -0.4 is 10.2 Å². The monoisotopic (exact) mass is 470 g/mol. The largest absolute Gasteiger partial charge is 0.372 e. The molecule has 0 saturated heterocycles. The van der Waals surface area contributed by atoms with Crippen LogP contribution in [-0.2, 0) is 14.6 Å². The van der Waals surface area contributed by atoms with Crippen molar-refractivity contribution < 1.29 is 22.0 Å². The summed E-state index contributed by atoms with van der Waals surface area (Å²) in [7, 11) is -4.68. The van der Waals surface area contributed by atoms with Gasteiger partial charge in [-0.3, -0.25) is 4.79 Å². The van der Waals surface area contributed by atoms with Crippen LogP contribution in [0.4, 0.5) is 31.5 Å². The second kappa shape index (κ2) is 10.5. The molecule has 0 aromatic heterocycles. The molecule has 0 spiro atoms. The molecule has 166 valence electrons. The topological polar surface area (TPSA) is 91.2 Å². The Hall–Kier alpha value is -2.85. The lowest BCUT2D eigenvalue weighted by Crippen LogP contribution is -2.21. The summed E-state index contributed by atoms with van der Waals surface area (Å²) in [6, 6.07) is 10.00. The third-order valence-corrected chi connectivity index (χ3v) is 6.05. The smallest absolute Gasteiger partial charge is 0.266 e. The SMILES string of the molecule is CCN(CC)c1ccc(N=Nc2ccc(S(=O)(=O)/C(F)=C(/F)Cl)cc2)c(NC(C)=O)c1. The number of rotatable bonds is 8. The third kappa shape index (κ3) is 6.08. The summed E-state index contributed by atoms with van der Waals surface area (Å²) in [5.74, 6) is -0.274. The Morgan fingerprint density at radius 3 is 2.19 bits per heavy atom. The van der Waals surface area contributed by atoms with Crippen LogP contribution >= 0.6 is 11.6 Å². The summed E-state index contributed by atoms with van der Waals surface area (Å²) in [6.07, 6.45) is 0. The summed E-state index contributed by atoms with van der Waals surface area (Å²) >= 11 is 4.80. The first kappa shape index (κ1) is 24.4. The molecule has 0 heterocycles. The highest BCUT2D eigenvalue weighted by Crippen LogP contribution is 2.32. The van der Waals surface area contributed by atoms with Crippen LogP contribution in [-0.4, -0.2) is 27.4 Å². The quantitative estimate of drug-likeness (QED) is 0.480. The van der Waals surface area contributed by atoms with E-state index < -0.39 is 25.2 Å². The molecule has 0 atom stereocenters. The van der Waals surface area contributed by atoms with E-state index in [1.807, 2.05) is 19.9 Å². The molecule has 31 heavy (non-hydrogen) atoms. The first-order chi connectivity index (χ1) is 14.6. The Morgan fingerprint density at radius 1 is 1.06 bits per heavy atom. The van der Waals surface area contributed by atoms with Crippen LogP contribution in [0.25, 0.3) is 0 Å². The van der Waals surface area contributed by atoms with E-state index >= 15 is 0 Å². The molecular weight excluding hydrogens is 450 g/mol. The lowest BCUT2D eigenvalue weighted by atomic mass is 10.2. The maximum Gasteiger partial charge on any atom is 0.266 e. The normalized spacial score (nSPS) is 12.6. The van der Waals surface area contributed by atoms with E-state index in [2.05, 4.69) is 20.4 Å². The van der Waals surface area contributed by atoms with Gasteiger partial charge in [-0.05, 0) is 67.9 Å². The van der Waals surface area contributed by atoms with Crippen LogP contribution in [0.5, 0.6) is 0 Å². The first-order valence-electron chi connectivity index (χ1n) is 9.24. The molecule has 2 aromatic carbocycles. The van der Waals surface area contributed by atoms with Crippen LogP contribution in [0.1, 0.15) is 20.8 Å². The van der Waals surface area contributed by atoms with Gasteiger partial charge < -0.3 is 10.2 Å². The van der Waals surface area contributed by atoms with Gasteiger partial charge in [0.2, 0.25) is 21.0 Å². The number of hydrogen-bond acceptors (Lipinski definition) is 6. The summed E-state index contributed by atoms with van der Waals surface area (Å²) in [5, 5.41) is 6.85. The number of nitrogens with one attached hydrogen (secondary N) is 1. The van der Waals surface area contributed by atoms with E-state index in [9.17, 15) is 22.0 Å². The van der Waals surface area contributed by atoms with E-state index in [4.69, 9.17) is 11.6 Å². The van der Waals surface area contributed by atoms with Gasteiger partial charge in [0, 0.05) is 25.7 Å². The van der Waals surface area contributed by atoms with E-state index in [0.717, 1.165) is 30.9 Å². The van der Waals surface area contributed by atoms with Gasteiger partial charge in [0.15, 0.2) is 0 Å². The molecule has 11 heteroatoms. The predicted molar refractivity (Wildman–Crippen MR) is 117 cm³/mol. The number of hydrogen-bond donors (Lipinski definition) is 1. The minimum atomic E-state index is -4.68. The number of azo groups is 1. The van der Waals surface area contributed by atoms with Gasteiger partial charge in [0.1, 0.15) is 5.69 Å². The molecule has 0 aliphatic rings. The number of amides is 1. The van der Waals surface area contributed by atoms with Gasteiger partial charge >= 0.3 is 0 Å². The van der Waals surface area contributed by atoms with Crippen molar-refractivity contribution in [3.05, 3.63) is 52.9 Å². The van der Waals surface area contributed by atoms with Gasteiger partial charge in [0.25, 0.3) is 5.16 Å². The van der Waals surface area contributed by atoms with Gasteiger partial charge in [-0.25, -0.2) is 8.42 Å². The van der Waals surface area contributed by atoms with Gasteiger partial charge in [-0.1, -0.05) is 0 Å². The average Bonchev–Trinajstić information content (AvgIpc) is 2.73. The maximum atomic E-state index is 13.5. The van der Waals surface area contributed by atoms with Crippen molar-refractivity contribution in [1.29, 1.82) is 0 Å². The predicted octanol–water partition coefficient (Wildman–Crippen LogP) is 5.98. The number of carbonyl (C=O) groups is 1. The van der Waals surface area contributed by atoms with E-state index in [1.165, 1.54) is 19.1 Å². The zero-order chi connectivity index (χ0) is 23.2. The highest BCUT2D eigenvalue weighted by Gasteiger charge is 2.24. The molecule has 0 bridgehead atoms. The van der Waals surface area contributed by atoms with Crippen molar-refractivity contribution in [2.75, 3.05) is 23.3 Å².